The Morgan fingerprint density at radius 1 is 1.30 bits per heavy atom. The fourth-order valence-corrected chi connectivity index (χ4v) is 4.23. The van der Waals surface area contributed by atoms with E-state index in [2.05, 4.69) is 37.6 Å². The number of nitrogens with one attached hydrogen (secondary N) is 2. The van der Waals surface area contributed by atoms with E-state index < -0.39 is 0 Å². The highest BCUT2D eigenvalue weighted by Crippen LogP contribution is 2.47. The van der Waals surface area contributed by atoms with Gasteiger partial charge in [0.1, 0.15) is 11.6 Å². The van der Waals surface area contributed by atoms with Crippen LogP contribution in [0.15, 0.2) is 47.6 Å². The van der Waals surface area contributed by atoms with Crippen molar-refractivity contribution in [2.75, 3.05) is 38.7 Å². The van der Waals surface area contributed by atoms with Gasteiger partial charge in [0.2, 0.25) is 0 Å². The summed E-state index contributed by atoms with van der Waals surface area (Å²) < 4.78 is 5.28. The number of aromatic nitrogens is 1. The Hall–Kier alpha value is -1.74. The second-order valence-corrected chi connectivity index (χ2v) is 8.23. The van der Waals surface area contributed by atoms with Crippen molar-refractivity contribution >= 4 is 47.4 Å². The lowest BCUT2D eigenvalue weighted by molar-refractivity contribution is 0.414. The highest BCUT2D eigenvalue weighted by atomic mass is 127. The quantitative estimate of drug-likeness (QED) is 0.331. The monoisotopic (exact) mass is 541 g/mol. The van der Waals surface area contributed by atoms with Gasteiger partial charge in [0, 0.05) is 44.3 Å². The van der Waals surface area contributed by atoms with Gasteiger partial charge in [-0.15, -0.1) is 24.0 Å². The molecule has 4 rings (SSSR count). The maximum atomic E-state index is 6.30. The van der Waals surface area contributed by atoms with Gasteiger partial charge in [-0.25, -0.2) is 4.98 Å². The number of guanidine groups is 1. The summed E-state index contributed by atoms with van der Waals surface area (Å²) in [6.07, 6.45) is 5.20. The molecular weight excluding hydrogens is 513 g/mol. The Morgan fingerprint density at radius 3 is 2.70 bits per heavy atom. The molecule has 0 amide bonds. The van der Waals surface area contributed by atoms with E-state index in [4.69, 9.17) is 16.3 Å². The van der Waals surface area contributed by atoms with Crippen molar-refractivity contribution in [1.29, 1.82) is 0 Å². The minimum Gasteiger partial charge on any atom is -0.497 e. The molecule has 1 saturated heterocycles. The highest BCUT2D eigenvalue weighted by molar-refractivity contribution is 14.0. The molecule has 6 nitrogen and oxygen atoms in total. The number of anilines is 1. The molecule has 1 aliphatic heterocycles. The van der Waals surface area contributed by atoms with Crippen molar-refractivity contribution in [3.63, 3.8) is 0 Å². The summed E-state index contributed by atoms with van der Waals surface area (Å²) in [7, 11) is 3.52. The number of hydrogen-bond acceptors (Lipinski definition) is 4. The number of ether oxygens (including phenoxy) is 1. The van der Waals surface area contributed by atoms with E-state index in [9.17, 15) is 0 Å². The number of nitrogens with zero attached hydrogens (tertiary/aromatic N) is 3. The van der Waals surface area contributed by atoms with Gasteiger partial charge < -0.3 is 20.3 Å². The second-order valence-electron chi connectivity index (χ2n) is 7.82. The Bertz CT molecular complexity index is 872. The molecule has 8 heteroatoms. The van der Waals surface area contributed by atoms with Gasteiger partial charge in [-0.05, 0) is 49.1 Å². The van der Waals surface area contributed by atoms with Crippen molar-refractivity contribution in [2.45, 2.75) is 30.7 Å². The van der Waals surface area contributed by atoms with Crippen LogP contribution in [0.4, 0.5) is 5.82 Å². The largest absolute Gasteiger partial charge is 0.497 e. The molecular formula is C22H29ClIN5O. The van der Waals surface area contributed by atoms with Gasteiger partial charge >= 0.3 is 0 Å². The number of methoxy groups -OCH3 is 1. The average molecular weight is 542 g/mol. The van der Waals surface area contributed by atoms with Crippen LogP contribution in [0.5, 0.6) is 5.75 Å². The molecule has 162 valence electrons. The van der Waals surface area contributed by atoms with E-state index >= 15 is 0 Å². The molecule has 30 heavy (non-hydrogen) atoms. The van der Waals surface area contributed by atoms with E-state index in [-0.39, 0.29) is 29.4 Å². The topological polar surface area (TPSA) is 61.8 Å². The lowest BCUT2D eigenvalue weighted by Gasteiger charge is -2.22. The van der Waals surface area contributed by atoms with Crippen LogP contribution in [0.3, 0.4) is 0 Å². The van der Waals surface area contributed by atoms with Crippen LogP contribution in [-0.2, 0) is 5.41 Å². The smallest absolute Gasteiger partial charge is 0.191 e. The van der Waals surface area contributed by atoms with E-state index in [0.29, 0.717) is 11.1 Å². The summed E-state index contributed by atoms with van der Waals surface area (Å²) in [5.41, 5.74) is 1.56. The summed E-state index contributed by atoms with van der Waals surface area (Å²) in [5, 5.41) is 7.80. The predicted octanol–water partition coefficient (Wildman–Crippen LogP) is 3.84. The molecule has 1 unspecified atom stereocenters. The maximum Gasteiger partial charge on any atom is 0.191 e. The van der Waals surface area contributed by atoms with E-state index in [0.717, 1.165) is 43.6 Å². The molecule has 2 N–H and O–H groups in total. The summed E-state index contributed by atoms with van der Waals surface area (Å²) in [4.78, 5) is 11.1. The molecule has 2 aromatic rings. The molecule has 0 radical (unpaired) electrons. The Balaban J connectivity index is 0.00000256. The number of benzene rings is 1. The molecule has 1 aliphatic carbocycles. The first kappa shape index (κ1) is 22.9. The zero-order valence-corrected chi connectivity index (χ0v) is 20.5. The van der Waals surface area contributed by atoms with Crippen molar-refractivity contribution in [3.8, 4) is 5.75 Å². The number of halogens is 2. The lowest BCUT2D eigenvalue weighted by atomic mass is 9.96. The third kappa shape index (κ3) is 5.11. The first-order valence-corrected chi connectivity index (χ1v) is 10.5. The minimum atomic E-state index is 0. The zero-order chi connectivity index (χ0) is 20.3. The predicted molar refractivity (Wildman–Crippen MR) is 134 cm³/mol. The van der Waals surface area contributed by atoms with E-state index in [1.165, 1.54) is 18.4 Å². The fourth-order valence-electron chi connectivity index (χ4n) is 3.98. The highest BCUT2D eigenvalue weighted by Gasteiger charge is 2.44. The number of rotatable bonds is 6. The molecule has 2 heterocycles. The number of pyridine rings is 1. The Morgan fingerprint density at radius 2 is 2.07 bits per heavy atom. The molecule has 2 aliphatic rings. The van der Waals surface area contributed by atoms with Crippen LogP contribution in [0.2, 0.25) is 5.02 Å². The van der Waals surface area contributed by atoms with Crippen LogP contribution in [-0.4, -0.2) is 50.8 Å². The van der Waals surface area contributed by atoms with Gasteiger partial charge in [0.25, 0.3) is 0 Å². The van der Waals surface area contributed by atoms with Crippen molar-refractivity contribution in [1.82, 2.24) is 15.6 Å². The van der Waals surface area contributed by atoms with Gasteiger partial charge in [-0.3, -0.25) is 4.99 Å². The summed E-state index contributed by atoms with van der Waals surface area (Å²) in [5.74, 6) is 2.61. The Kier molecular flexibility index (Phi) is 7.68. The fraction of sp³-hybridized carbons (Fsp3) is 0.455. The molecule has 1 aromatic heterocycles. The van der Waals surface area contributed by atoms with Gasteiger partial charge in [-0.1, -0.05) is 23.7 Å². The van der Waals surface area contributed by atoms with E-state index in [1.54, 1.807) is 13.3 Å². The first-order valence-electron chi connectivity index (χ1n) is 10.1. The van der Waals surface area contributed by atoms with Gasteiger partial charge in [0.05, 0.1) is 12.1 Å². The SMILES string of the molecule is CN=C(NCC1(c2ccc(OC)cc2)CC1)NC1CCN(c2ncccc2Cl)C1.I. The minimum absolute atomic E-state index is 0. The lowest BCUT2D eigenvalue weighted by Crippen LogP contribution is -2.46. The molecule has 2 fully saturated rings. The van der Waals surface area contributed by atoms with Gasteiger partial charge in [-0.2, -0.15) is 0 Å². The maximum absolute atomic E-state index is 6.30. The third-order valence-corrected chi connectivity index (χ3v) is 6.24. The van der Waals surface area contributed by atoms with Crippen molar-refractivity contribution in [2.24, 2.45) is 4.99 Å². The summed E-state index contributed by atoms with van der Waals surface area (Å²) in [6.45, 7) is 2.67. The normalized spacial score (nSPS) is 19.8. The van der Waals surface area contributed by atoms with Crippen molar-refractivity contribution < 1.29 is 4.74 Å². The standard InChI is InChI=1S/C22H28ClN5O.HI/c1-24-21(26-15-22(10-11-22)16-5-7-18(29-2)8-6-16)27-17-9-13-28(14-17)20-19(23)4-3-12-25-20;/h3-8,12,17H,9-11,13-15H2,1-2H3,(H2,24,26,27);1H. The van der Waals surface area contributed by atoms with Crippen LogP contribution in [0.25, 0.3) is 0 Å². The third-order valence-electron chi connectivity index (χ3n) is 5.94. The van der Waals surface area contributed by atoms with Crippen LogP contribution >= 0.6 is 35.6 Å². The van der Waals surface area contributed by atoms with Crippen LogP contribution in [0.1, 0.15) is 24.8 Å². The van der Waals surface area contributed by atoms with Crippen LogP contribution < -0.4 is 20.3 Å². The zero-order valence-electron chi connectivity index (χ0n) is 17.4. The average Bonchev–Trinajstić information content (AvgIpc) is 3.41. The first-order chi connectivity index (χ1) is 14.1. The number of aliphatic imine (C=N–C) groups is 1. The molecule has 1 atom stereocenters. The Labute approximate surface area is 200 Å². The van der Waals surface area contributed by atoms with Crippen LogP contribution in [0, 0.1) is 0 Å². The summed E-state index contributed by atoms with van der Waals surface area (Å²) >= 11 is 6.30. The van der Waals surface area contributed by atoms with Crippen molar-refractivity contribution in [3.05, 3.63) is 53.2 Å². The molecule has 0 bridgehead atoms. The molecule has 1 aromatic carbocycles. The van der Waals surface area contributed by atoms with E-state index in [1.807, 2.05) is 31.3 Å². The number of hydrogen-bond donors (Lipinski definition) is 2. The van der Waals surface area contributed by atoms with Gasteiger partial charge in [0.15, 0.2) is 5.96 Å². The molecule has 1 saturated carbocycles. The molecule has 0 spiro atoms. The second kappa shape index (κ2) is 10.0. The summed E-state index contributed by atoms with van der Waals surface area (Å²) in [6, 6.07) is 12.5.